The number of hydrogen-bond acceptors (Lipinski definition) is 6. The van der Waals surface area contributed by atoms with Gasteiger partial charge in [-0.25, -0.2) is 4.39 Å². The monoisotopic (exact) mass is 421 g/mol. The summed E-state index contributed by atoms with van der Waals surface area (Å²) < 4.78 is 30.0. The van der Waals surface area contributed by atoms with Crippen molar-refractivity contribution >= 4 is 40.6 Å². The van der Waals surface area contributed by atoms with Crippen LogP contribution in [0, 0.1) is 5.82 Å². The highest BCUT2D eigenvalue weighted by Gasteiger charge is 2.36. The zero-order chi connectivity index (χ0) is 19.8. The summed E-state index contributed by atoms with van der Waals surface area (Å²) in [5.41, 5.74) is 0.648. The van der Waals surface area contributed by atoms with Crippen LogP contribution in [0.2, 0.25) is 5.02 Å². The minimum Gasteiger partial charge on any atom is -0.496 e. The number of imide groups is 1. The number of thioether (sulfide) groups is 1. The number of fused-ring (bicyclic) bond motifs is 1. The van der Waals surface area contributed by atoms with E-state index < -0.39 is 17.0 Å². The molecule has 0 aromatic heterocycles. The Morgan fingerprint density at radius 1 is 1.29 bits per heavy atom. The van der Waals surface area contributed by atoms with Crippen LogP contribution in [0.25, 0.3) is 6.08 Å². The maximum Gasteiger partial charge on any atom is 0.293 e. The van der Waals surface area contributed by atoms with E-state index in [0.717, 1.165) is 16.7 Å². The molecule has 0 unspecified atom stereocenters. The van der Waals surface area contributed by atoms with E-state index in [0.29, 0.717) is 22.8 Å². The van der Waals surface area contributed by atoms with E-state index in [4.69, 9.17) is 25.8 Å². The molecule has 1 fully saturated rings. The van der Waals surface area contributed by atoms with E-state index in [1.165, 1.54) is 31.4 Å². The molecule has 144 valence electrons. The quantitative estimate of drug-likeness (QED) is 0.679. The standard InChI is InChI=1S/C19H13ClFNO5S/c1-25-14-7-16-15(26-9-27-16)5-10(14)6-17-18(23)22(19(24)28-17)8-11-12(20)3-2-4-13(11)21/h2-7H,8-9H2,1H3/b17-6+. The molecule has 0 aliphatic carbocycles. The average molecular weight is 422 g/mol. The molecule has 2 aromatic rings. The molecule has 0 bridgehead atoms. The second-order valence-corrected chi connectivity index (χ2v) is 7.32. The second-order valence-electron chi connectivity index (χ2n) is 5.92. The third-order valence-electron chi connectivity index (χ3n) is 4.26. The molecule has 2 aromatic carbocycles. The van der Waals surface area contributed by atoms with Crippen LogP contribution in [0.3, 0.4) is 0 Å². The van der Waals surface area contributed by atoms with Gasteiger partial charge in [-0.1, -0.05) is 17.7 Å². The summed E-state index contributed by atoms with van der Waals surface area (Å²) >= 11 is 6.78. The Morgan fingerprint density at radius 3 is 2.75 bits per heavy atom. The second kappa shape index (κ2) is 7.37. The smallest absolute Gasteiger partial charge is 0.293 e. The number of benzene rings is 2. The topological polar surface area (TPSA) is 65.1 Å². The highest BCUT2D eigenvalue weighted by atomic mass is 35.5. The van der Waals surface area contributed by atoms with Gasteiger partial charge in [-0.15, -0.1) is 0 Å². The van der Waals surface area contributed by atoms with E-state index in [1.807, 2.05) is 0 Å². The Bertz CT molecular complexity index is 1010. The predicted molar refractivity (Wildman–Crippen MR) is 102 cm³/mol. The molecule has 2 aliphatic rings. The maximum atomic E-state index is 14.0. The Labute approximate surface area is 168 Å². The molecule has 0 radical (unpaired) electrons. The van der Waals surface area contributed by atoms with Crippen LogP contribution >= 0.6 is 23.4 Å². The number of ether oxygens (including phenoxy) is 3. The number of halogens is 2. The van der Waals surface area contributed by atoms with Crippen molar-refractivity contribution in [1.82, 2.24) is 4.90 Å². The minimum absolute atomic E-state index is 0.0911. The van der Waals surface area contributed by atoms with Crippen molar-refractivity contribution in [1.29, 1.82) is 0 Å². The van der Waals surface area contributed by atoms with Crippen LogP contribution in [0.4, 0.5) is 9.18 Å². The van der Waals surface area contributed by atoms with Crippen LogP contribution in [-0.4, -0.2) is 29.9 Å². The maximum absolute atomic E-state index is 14.0. The highest BCUT2D eigenvalue weighted by molar-refractivity contribution is 8.18. The van der Waals surface area contributed by atoms with E-state index in [2.05, 4.69) is 0 Å². The van der Waals surface area contributed by atoms with Gasteiger partial charge in [-0.3, -0.25) is 14.5 Å². The fourth-order valence-electron chi connectivity index (χ4n) is 2.85. The average Bonchev–Trinajstić information content (AvgIpc) is 3.22. The lowest BCUT2D eigenvalue weighted by Crippen LogP contribution is -2.28. The first-order valence-corrected chi connectivity index (χ1v) is 9.33. The van der Waals surface area contributed by atoms with Gasteiger partial charge in [-0.2, -0.15) is 0 Å². The van der Waals surface area contributed by atoms with Gasteiger partial charge >= 0.3 is 0 Å². The molecular formula is C19H13ClFNO5S. The van der Waals surface area contributed by atoms with E-state index in [9.17, 15) is 14.0 Å². The summed E-state index contributed by atoms with van der Waals surface area (Å²) in [6.07, 6.45) is 1.54. The minimum atomic E-state index is -0.576. The van der Waals surface area contributed by atoms with Gasteiger partial charge in [0.2, 0.25) is 6.79 Å². The third kappa shape index (κ3) is 3.29. The first-order valence-electron chi connectivity index (χ1n) is 8.14. The number of methoxy groups -OCH3 is 1. The van der Waals surface area contributed by atoms with Crippen molar-refractivity contribution in [3.63, 3.8) is 0 Å². The molecule has 2 heterocycles. The SMILES string of the molecule is COc1cc2c(cc1/C=C1/SC(=O)N(Cc3c(F)cccc3Cl)C1=O)OCO2. The van der Waals surface area contributed by atoms with Gasteiger partial charge in [0.05, 0.1) is 18.6 Å². The number of amides is 2. The molecule has 6 nitrogen and oxygen atoms in total. The van der Waals surface area contributed by atoms with Gasteiger partial charge in [-0.05, 0) is 36.0 Å². The molecule has 4 rings (SSSR count). The molecular weight excluding hydrogens is 409 g/mol. The first kappa shape index (κ1) is 18.6. The number of nitrogens with zero attached hydrogens (tertiary/aromatic N) is 1. The van der Waals surface area contributed by atoms with Crippen LogP contribution in [-0.2, 0) is 11.3 Å². The van der Waals surface area contributed by atoms with Crippen LogP contribution in [0.5, 0.6) is 17.2 Å². The van der Waals surface area contributed by atoms with Crippen molar-refractivity contribution in [2.45, 2.75) is 6.54 Å². The third-order valence-corrected chi connectivity index (χ3v) is 5.52. The van der Waals surface area contributed by atoms with Crippen molar-refractivity contribution in [2.75, 3.05) is 13.9 Å². The van der Waals surface area contributed by atoms with Gasteiger partial charge in [0.15, 0.2) is 11.5 Å². The van der Waals surface area contributed by atoms with Gasteiger partial charge in [0.25, 0.3) is 11.1 Å². The van der Waals surface area contributed by atoms with Crippen LogP contribution < -0.4 is 14.2 Å². The Kier molecular flexibility index (Phi) is 4.91. The number of rotatable bonds is 4. The Morgan fingerprint density at radius 2 is 2.04 bits per heavy atom. The zero-order valence-corrected chi connectivity index (χ0v) is 16.1. The molecule has 0 saturated carbocycles. The summed E-state index contributed by atoms with van der Waals surface area (Å²) in [4.78, 5) is 26.2. The summed E-state index contributed by atoms with van der Waals surface area (Å²) in [7, 11) is 1.49. The van der Waals surface area contributed by atoms with E-state index in [-0.39, 0.29) is 28.8 Å². The summed E-state index contributed by atoms with van der Waals surface area (Å²) in [6, 6.07) is 7.52. The van der Waals surface area contributed by atoms with E-state index in [1.54, 1.807) is 12.1 Å². The molecule has 28 heavy (non-hydrogen) atoms. The normalized spacial score (nSPS) is 17.0. The highest BCUT2D eigenvalue weighted by Crippen LogP contribution is 2.41. The molecule has 2 amide bonds. The predicted octanol–water partition coefficient (Wildman–Crippen LogP) is 4.45. The molecule has 0 spiro atoms. The Hall–Kier alpha value is -2.71. The lowest BCUT2D eigenvalue weighted by molar-refractivity contribution is -0.123. The molecule has 2 aliphatic heterocycles. The van der Waals surface area contributed by atoms with Crippen LogP contribution in [0.15, 0.2) is 35.2 Å². The zero-order valence-electron chi connectivity index (χ0n) is 14.5. The fraction of sp³-hybridized carbons (Fsp3) is 0.158. The Balaban J connectivity index is 1.64. The summed E-state index contributed by atoms with van der Waals surface area (Å²) in [5, 5.41) is -0.351. The van der Waals surface area contributed by atoms with Gasteiger partial charge in [0.1, 0.15) is 11.6 Å². The van der Waals surface area contributed by atoms with Crippen molar-refractivity contribution in [3.05, 3.63) is 57.2 Å². The summed E-state index contributed by atoms with van der Waals surface area (Å²) in [6.45, 7) is -0.145. The van der Waals surface area contributed by atoms with Crippen molar-refractivity contribution in [2.24, 2.45) is 0 Å². The molecule has 0 N–H and O–H groups in total. The van der Waals surface area contributed by atoms with Gasteiger partial charge < -0.3 is 14.2 Å². The number of carbonyl (C=O) groups excluding carboxylic acids is 2. The fourth-order valence-corrected chi connectivity index (χ4v) is 3.90. The first-order chi connectivity index (χ1) is 13.5. The molecule has 9 heteroatoms. The van der Waals surface area contributed by atoms with Crippen molar-refractivity contribution < 1.29 is 28.2 Å². The molecule has 0 atom stereocenters. The largest absolute Gasteiger partial charge is 0.496 e. The van der Waals surface area contributed by atoms with Crippen molar-refractivity contribution in [3.8, 4) is 17.2 Å². The summed E-state index contributed by atoms with van der Waals surface area (Å²) in [5.74, 6) is 0.413. The van der Waals surface area contributed by atoms with Gasteiger partial charge in [0, 0.05) is 22.2 Å². The van der Waals surface area contributed by atoms with E-state index >= 15 is 0 Å². The lowest BCUT2D eigenvalue weighted by atomic mass is 10.1. The number of hydrogen-bond donors (Lipinski definition) is 0. The lowest BCUT2D eigenvalue weighted by Gasteiger charge is -2.14. The van der Waals surface area contributed by atoms with Crippen LogP contribution in [0.1, 0.15) is 11.1 Å². The number of carbonyl (C=O) groups is 2. The molecule has 1 saturated heterocycles.